The zero-order valence-corrected chi connectivity index (χ0v) is 14.9. The SMILES string of the molecule is COc1ccc2cc(S(=O)(=O)NCCCc3ccccc3)ccc2c1. The fraction of sp³-hybridized carbons (Fsp3) is 0.200. The molecular weight excluding hydrogens is 334 g/mol. The molecule has 0 aromatic heterocycles. The standard InChI is InChI=1S/C20H21NO3S/c1-24-19-11-9-18-15-20(12-10-17(18)14-19)25(22,23)21-13-5-8-16-6-3-2-4-7-16/h2-4,6-7,9-12,14-15,21H,5,8,13H2,1H3. The summed E-state index contributed by atoms with van der Waals surface area (Å²) < 4.78 is 32.8. The monoisotopic (exact) mass is 355 g/mol. The highest BCUT2D eigenvalue weighted by Crippen LogP contribution is 2.23. The maximum absolute atomic E-state index is 12.5. The van der Waals surface area contributed by atoms with Crippen molar-refractivity contribution in [1.29, 1.82) is 0 Å². The van der Waals surface area contributed by atoms with E-state index in [1.807, 2.05) is 48.5 Å². The van der Waals surface area contributed by atoms with Crippen LogP contribution in [0.15, 0.2) is 71.6 Å². The molecule has 130 valence electrons. The number of rotatable bonds is 7. The Hall–Kier alpha value is -2.37. The lowest BCUT2D eigenvalue weighted by atomic mass is 10.1. The molecule has 0 saturated heterocycles. The topological polar surface area (TPSA) is 55.4 Å². The number of ether oxygens (including phenoxy) is 1. The van der Waals surface area contributed by atoms with E-state index < -0.39 is 10.0 Å². The van der Waals surface area contributed by atoms with Gasteiger partial charge in [-0.2, -0.15) is 0 Å². The molecule has 3 rings (SSSR count). The van der Waals surface area contributed by atoms with Crippen LogP contribution in [0.4, 0.5) is 0 Å². The Morgan fingerprint density at radius 3 is 2.40 bits per heavy atom. The van der Waals surface area contributed by atoms with Gasteiger partial charge in [-0.1, -0.05) is 42.5 Å². The van der Waals surface area contributed by atoms with Crippen molar-refractivity contribution in [2.24, 2.45) is 0 Å². The van der Waals surface area contributed by atoms with Gasteiger partial charge in [0.15, 0.2) is 0 Å². The molecule has 1 N–H and O–H groups in total. The van der Waals surface area contributed by atoms with Crippen molar-refractivity contribution in [1.82, 2.24) is 4.72 Å². The number of hydrogen-bond acceptors (Lipinski definition) is 3. The van der Waals surface area contributed by atoms with E-state index in [-0.39, 0.29) is 4.90 Å². The van der Waals surface area contributed by atoms with Gasteiger partial charge in [-0.25, -0.2) is 13.1 Å². The van der Waals surface area contributed by atoms with Crippen LogP contribution in [-0.4, -0.2) is 22.1 Å². The summed E-state index contributed by atoms with van der Waals surface area (Å²) in [7, 11) is -1.89. The average Bonchev–Trinajstić information content (AvgIpc) is 2.65. The Labute approximate surface area is 148 Å². The van der Waals surface area contributed by atoms with Crippen molar-refractivity contribution < 1.29 is 13.2 Å². The Kier molecular flexibility index (Phi) is 5.36. The summed E-state index contributed by atoms with van der Waals surface area (Å²) >= 11 is 0. The number of fused-ring (bicyclic) bond motifs is 1. The lowest BCUT2D eigenvalue weighted by Crippen LogP contribution is -2.25. The first-order valence-corrected chi connectivity index (χ1v) is 9.68. The highest BCUT2D eigenvalue weighted by Gasteiger charge is 2.13. The quantitative estimate of drug-likeness (QED) is 0.657. The maximum Gasteiger partial charge on any atom is 0.240 e. The van der Waals surface area contributed by atoms with Crippen molar-refractivity contribution in [3.05, 3.63) is 72.3 Å². The summed E-state index contributed by atoms with van der Waals surface area (Å²) in [4.78, 5) is 0.282. The van der Waals surface area contributed by atoms with Gasteiger partial charge in [0.05, 0.1) is 12.0 Å². The van der Waals surface area contributed by atoms with Crippen LogP contribution in [0, 0.1) is 0 Å². The second-order valence-corrected chi connectivity index (χ2v) is 7.63. The van der Waals surface area contributed by atoms with Crippen LogP contribution in [0.5, 0.6) is 5.75 Å². The minimum Gasteiger partial charge on any atom is -0.497 e. The van der Waals surface area contributed by atoms with E-state index in [0.29, 0.717) is 6.54 Å². The van der Waals surface area contributed by atoms with Gasteiger partial charge in [-0.15, -0.1) is 0 Å². The van der Waals surface area contributed by atoms with Gasteiger partial charge >= 0.3 is 0 Å². The largest absolute Gasteiger partial charge is 0.497 e. The molecular formula is C20H21NO3S. The van der Waals surface area contributed by atoms with Gasteiger partial charge in [0.1, 0.15) is 5.75 Å². The number of benzene rings is 3. The van der Waals surface area contributed by atoms with Crippen LogP contribution >= 0.6 is 0 Å². The van der Waals surface area contributed by atoms with Crippen molar-refractivity contribution in [3.8, 4) is 5.75 Å². The Morgan fingerprint density at radius 2 is 1.64 bits per heavy atom. The molecule has 0 amide bonds. The highest BCUT2D eigenvalue weighted by molar-refractivity contribution is 7.89. The highest BCUT2D eigenvalue weighted by atomic mass is 32.2. The second kappa shape index (κ2) is 7.68. The Bertz CT molecular complexity index is 953. The molecule has 0 atom stereocenters. The van der Waals surface area contributed by atoms with Crippen LogP contribution in [-0.2, 0) is 16.4 Å². The van der Waals surface area contributed by atoms with Crippen LogP contribution in [0.1, 0.15) is 12.0 Å². The Morgan fingerprint density at radius 1 is 0.920 bits per heavy atom. The van der Waals surface area contributed by atoms with E-state index in [4.69, 9.17) is 4.74 Å². The summed E-state index contributed by atoms with van der Waals surface area (Å²) in [5.41, 5.74) is 1.21. The molecule has 4 nitrogen and oxygen atoms in total. The number of sulfonamides is 1. The molecule has 25 heavy (non-hydrogen) atoms. The van der Waals surface area contributed by atoms with Crippen LogP contribution < -0.4 is 9.46 Å². The molecule has 3 aromatic carbocycles. The van der Waals surface area contributed by atoms with Crippen LogP contribution in [0.2, 0.25) is 0 Å². The van der Waals surface area contributed by atoms with Crippen molar-refractivity contribution >= 4 is 20.8 Å². The first kappa shape index (κ1) is 17.5. The first-order valence-electron chi connectivity index (χ1n) is 8.20. The van der Waals surface area contributed by atoms with Crippen molar-refractivity contribution in [2.75, 3.05) is 13.7 Å². The molecule has 0 radical (unpaired) electrons. The molecule has 0 aliphatic rings. The van der Waals surface area contributed by atoms with E-state index in [1.165, 1.54) is 5.56 Å². The molecule has 0 saturated carbocycles. The van der Waals surface area contributed by atoms with Gasteiger partial charge in [0, 0.05) is 6.54 Å². The van der Waals surface area contributed by atoms with Gasteiger partial charge in [0.2, 0.25) is 10.0 Å². The van der Waals surface area contributed by atoms with Gasteiger partial charge in [0.25, 0.3) is 0 Å². The molecule has 5 heteroatoms. The zero-order chi connectivity index (χ0) is 17.7. The number of aryl methyl sites for hydroxylation is 1. The second-order valence-electron chi connectivity index (χ2n) is 5.86. The van der Waals surface area contributed by atoms with Gasteiger partial charge in [-0.3, -0.25) is 0 Å². The molecule has 0 aliphatic carbocycles. The van der Waals surface area contributed by atoms with Crippen molar-refractivity contribution in [3.63, 3.8) is 0 Å². The molecule has 0 bridgehead atoms. The third kappa shape index (κ3) is 4.38. The normalized spacial score (nSPS) is 11.6. The van der Waals surface area contributed by atoms with E-state index in [2.05, 4.69) is 4.72 Å². The number of methoxy groups -OCH3 is 1. The molecule has 0 spiro atoms. The van der Waals surface area contributed by atoms with Crippen molar-refractivity contribution in [2.45, 2.75) is 17.7 Å². The number of nitrogens with one attached hydrogen (secondary N) is 1. The lowest BCUT2D eigenvalue weighted by Gasteiger charge is -2.09. The predicted molar refractivity (Wildman–Crippen MR) is 100 cm³/mol. The van der Waals surface area contributed by atoms with Crippen LogP contribution in [0.3, 0.4) is 0 Å². The fourth-order valence-electron chi connectivity index (χ4n) is 2.72. The third-order valence-electron chi connectivity index (χ3n) is 4.11. The summed E-state index contributed by atoms with van der Waals surface area (Å²) in [6.07, 6.45) is 1.61. The fourth-order valence-corrected chi connectivity index (χ4v) is 3.83. The molecule has 0 fully saturated rings. The average molecular weight is 355 g/mol. The molecule has 0 aliphatic heterocycles. The summed E-state index contributed by atoms with van der Waals surface area (Å²) in [6.45, 7) is 0.415. The third-order valence-corrected chi connectivity index (χ3v) is 5.57. The first-order chi connectivity index (χ1) is 12.1. The molecule has 3 aromatic rings. The summed E-state index contributed by atoms with van der Waals surface area (Å²) in [5.74, 6) is 0.752. The predicted octanol–water partition coefficient (Wildman–Crippen LogP) is 3.76. The van der Waals surface area contributed by atoms with E-state index in [0.717, 1.165) is 29.4 Å². The minimum absolute atomic E-state index is 0.282. The summed E-state index contributed by atoms with van der Waals surface area (Å²) in [6, 6.07) is 20.7. The smallest absolute Gasteiger partial charge is 0.240 e. The number of hydrogen-bond donors (Lipinski definition) is 1. The molecule has 0 unspecified atom stereocenters. The van der Waals surface area contributed by atoms with Crippen LogP contribution in [0.25, 0.3) is 10.8 Å². The van der Waals surface area contributed by atoms with E-state index >= 15 is 0 Å². The minimum atomic E-state index is -3.50. The van der Waals surface area contributed by atoms with Gasteiger partial charge < -0.3 is 4.74 Å². The zero-order valence-electron chi connectivity index (χ0n) is 14.1. The maximum atomic E-state index is 12.5. The molecule has 0 heterocycles. The Balaban J connectivity index is 1.66. The van der Waals surface area contributed by atoms with E-state index in [9.17, 15) is 8.42 Å². The van der Waals surface area contributed by atoms with Gasteiger partial charge in [-0.05, 0) is 53.4 Å². The lowest BCUT2D eigenvalue weighted by molar-refractivity contribution is 0.415. The van der Waals surface area contributed by atoms with E-state index in [1.54, 1.807) is 25.3 Å². The summed E-state index contributed by atoms with van der Waals surface area (Å²) in [5, 5.41) is 1.82.